The highest BCUT2D eigenvalue weighted by Crippen LogP contribution is 2.18. The highest BCUT2D eigenvalue weighted by atomic mass is 16.5. The van der Waals surface area contributed by atoms with Crippen LogP contribution in [0.2, 0.25) is 0 Å². The van der Waals surface area contributed by atoms with Gasteiger partial charge in [0.05, 0.1) is 26.2 Å². The normalized spacial score (nSPS) is 21.3. The van der Waals surface area contributed by atoms with Crippen molar-refractivity contribution >= 4 is 5.97 Å². The van der Waals surface area contributed by atoms with Gasteiger partial charge < -0.3 is 9.47 Å². The third kappa shape index (κ3) is 3.80. The maximum Gasteiger partial charge on any atom is 0.307 e. The zero-order chi connectivity index (χ0) is 11.3. The Balaban J connectivity index is 2.33. The van der Waals surface area contributed by atoms with E-state index in [4.69, 9.17) is 9.47 Å². The molecule has 4 nitrogen and oxygen atoms in total. The van der Waals surface area contributed by atoms with Crippen molar-refractivity contribution in [2.24, 2.45) is 0 Å². The Kier molecular flexibility index (Phi) is 4.54. The minimum atomic E-state index is -0.111. The average Bonchev–Trinajstić information content (AvgIpc) is 2.16. The van der Waals surface area contributed by atoms with Crippen LogP contribution in [0, 0.1) is 0 Å². The highest BCUT2D eigenvalue weighted by molar-refractivity contribution is 5.69. The van der Waals surface area contributed by atoms with Crippen LogP contribution in [-0.2, 0) is 14.3 Å². The van der Waals surface area contributed by atoms with E-state index in [1.165, 1.54) is 0 Å². The van der Waals surface area contributed by atoms with Gasteiger partial charge in [0.15, 0.2) is 0 Å². The molecule has 1 fully saturated rings. The predicted octanol–water partition coefficient (Wildman–Crippen LogP) is 1.05. The molecule has 0 unspecified atom stereocenters. The number of rotatable bonds is 4. The Morgan fingerprint density at radius 2 is 2.27 bits per heavy atom. The lowest BCUT2D eigenvalue weighted by Gasteiger charge is -2.41. The van der Waals surface area contributed by atoms with Crippen molar-refractivity contribution < 1.29 is 14.3 Å². The third-order valence-electron chi connectivity index (χ3n) is 2.71. The van der Waals surface area contributed by atoms with Crippen molar-refractivity contribution in [1.82, 2.24) is 4.90 Å². The van der Waals surface area contributed by atoms with E-state index in [2.05, 4.69) is 18.7 Å². The molecule has 0 spiro atoms. The Morgan fingerprint density at radius 3 is 2.87 bits per heavy atom. The molecule has 15 heavy (non-hydrogen) atoms. The molecule has 88 valence electrons. The van der Waals surface area contributed by atoms with Gasteiger partial charge in [0.25, 0.3) is 0 Å². The van der Waals surface area contributed by atoms with Gasteiger partial charge in [0, 0.05) is 18.6 Å². The fourth-order valence-electron chi connectivity index (χ4n) is 1.76. The molecule has 0 aromatic heterocycles. The standard InChI is InChI=1S/C11H21NO3/c1-4-15-10(13)5-6-12-7-8-14-9-11(12,2)3/h4-9H2,1-3H3. The van der Waals surface area contributed by atoms with Gasteiger partial charge in [-0.2, -0.15) is 0 Å². The molecule has 1 heterocycles. The van der Waals surface area contributed by atoms with Crippen molar-refractivity contribution in [2.75, 3.05) is 32.9 Å². The average molecular weight is 215 g/mol. The molecule has 1 aliphatic heterocycles. The number of carbonyl (C=O) groups excluding carboxylic acids is 1. The van der Waals surface area contributed by atoms with Gasteiger partial charge in [-0.15, -0.1) is 0 Å². The van der Waals surface area contributed by atoms with E-state index >= 15 is 0 Å². The first-order chi connectivity index (χ1) is 7.06. The number of ether oxygens (including phenoxy) is 2. The minimum absolute atomic E-state index is 0.0325. The lowest BCUT2D eigenvalue weighted by Crippen LogP contribution is -2.53. The van der Waals surface area contributed by atoms with E-state index in [1.807, 2.05) is 6.92 Å². The number of hydrogen-bond donors (Lipinski definition) is 0. The number of morpholine rings is 1. The Labute approximate surface area is 91.5 Å². The Morgan fingerprint density at radius 1 is 1.53 bits per heavy atom. The molecular formula is C11H21NO3. The monoisotopic (exact) mass is 215 g/mol. The quantitative estimate of drug-likeness (QED) is 0.657. The molecule has 1 rings (SSSR count). The number of carbonyl (C=O) groups is 1. The summed E-state index contributed by atoms with van der Waals surface area (Å²) in [7, 11) is 0. The minimum Gasteiger partial charge on any atom is -0.466 e. The largest absolute Gasteiger partial charge is 0.466 e. The number of esters is 1. The van der Waals surface area contributed by atoms with Crippen molar-refractivity contribution in [2.45, 2.75) is 32.7 Å². The van der Waals surface area contributed by atoms with Gasteiger partial charge >= 0.3 is 5.97 Å². The fraction of sp³-hybridized carbons (Fsp3) is 0.909. The summed E-state index contributed by atoms with van der Waals surface area (Å²) >= 11 is 0. The molecule has 0 bridgehead atoms. The van der Waals surface area contributed by atoms with Gasteiger partial charge in [0.2, 0.25) is 0 Å². The summed E-state index contributed by atoms with van der Waals surface area (Å²) in [5.41, 5.74) is 0.0325. The van der Waals surface area contributed by atoms with Crippen LogP contribution < -0.4 is 0 Å². The third-order valence-corrected chi connectivity index (χ3v) is 2.71. The van der Waals surface area contributed by atoms with Crippen LogP contribution in [-0.4, -0.2) is 49.3 Å². The van der Waals surface area contributed by atoms with Gasteiger partial charge in [-0.05, 0) is 20.8 Å². The van der Waals surface area contributed by atoms with Crippen LogP contribution in [0.5, 0.6) is 0 Å². The van der Waals surface area contributed by atoms with Crippen molar-refractivity contribution in [1.29, 1.82) is 0 Å². The van der Waals surface area contributed by atoms with E-state index in [0.29, 0.717) is 13.0 Å². The van der Waals surface area contributed by atoms with Gasteiger partial charge in [-0.1, -0.05) is 0 Å². The van der Waals surface area contributed by atoms with E-state index in [1.54, 1.807) is 0 Å². The van der Waals surface area contributed by atoms with Crippen molar-refractivity contribution in [3.8, 4) is 0 Å². The summed E-state index contributed by atoms with van der Waals surface area (Å²) in [6, 6.07) is 0. The maximum absolute atomic E-state index is 11.2. The summed E-state index contributed by atoms with van der Waals surface area (Å²) in [6.45, 7) is 9.71. The van der Waals surface area contributed by atoms with Gasteiger partial charge in [-0.25, -0.2) is 0 Å². The van der Waals surface area contributed by atoms with Crippen molar-refractivity contribution in [3.63, 3.8) is 0 Å². The van der Waals surface area contributed by atoms with Crippen LogP contribution in [0.4, 0.5) is 0 Å². The fourth-order valence-corrected chi connectivity index (χ4v) is 1.76. The number of hydrogen-bond acceptors (Lipinski definition) is 4. The van der Waals surface area contributed by atoms with Crippen LogP contribution in [0.15, 0.2) is 0 Å². The molecule has 0 aromatic rings. The molecule has 0 aromatic carbocycles. The Bertz CT molecular complexity index is 216. The second-order valence-electron chi connectivity index (χ2n) is 4.41. The first-order valence-electron chi connectivity index (χ1n) is 5.54. The second-order valence-corrected chi connectivity index (χ2v) is 4.41. The van der Waals surface area contributed by atoms with Crippen LogP contribution in [0.1, 0.15) is 27.2 Å². The molecule has 0 radical (unpaired) electrons. The summed E-state index contributed by atoms with van der Waals surface area (Å²) < 4.78 is 10.3. The summed E-state index contributed by atoms with van der Waals surface area (Å²) in [5, 5.41) is 0. The van der Waals surface area contributed by atoms with E-state index < -0.39 is 0 Å². The van der Waals surface area contributed by atoms with E-state index in [0.717, 1.165) is 26.3 Å². The number of nitrogens with zero attached hydrogens (tertiary/aromatic N) is 1. The lowest BCUT2D eigenvalue weighted by molar-refractivity contribution is -0.144. The first-order valence-corrected chi connectivity index (χ1v) is 5.54. The summed E-state index contributed by atoms with van der Waals surface area (Å²) in [4.78, 5) is 13.5. The molecule has 0 aliphatic carbocycles. The van der Waals surface area contributed by atoms with Crippen LogP contribution in [0.3, 0.4) is 0 Å². The summed E-state index contributed by atoms with van der Waals surface area (Å²) in [6.07, 6.45) is 0.470. The predicted molar refractivity (Wildman–Crippen MR) is 57.7 cm³/mol. The highest BCUT2D eigenvalue weighted by Gasteiger charge is 2.30. The molecule has 1 aliphatic rings. The van der Waals surface area contributed by atoms with Crippen LogP contribution >= 0.6 is 0 Å². The van der Waals surface area contributed by atoms with Crippen LogP contribution in [0.25, 0.3) is 0 Å². The zero-order valence-electron chi connectivity index (χ0n) is 9.91. The zero-order valence-corrected chi connectivity index (χ0v) is 9.91. The smallest absolute Gasteiger partial charge is 0.307 e. The molecular weight excluding hydrogens is 194 g/mol. The molecule has 0 atom stereocenters. The van der Waals surface area contributed by atoms with E-state index in [-0.39, 0.29) is 11.5 Å². The summed E-state index contributed by atoms with van der Waals surface area (Å²) in [5.74, 6) is -0.111. The first kappa shape index (κ1) is 12.5. The molecule has 1 saturated heterocycles. The maximum atomic E-state index is 11.2. The molecule has 0 saturated carbocycles. The Hall–Kier alpha value is -0.610. The van der Waals surface area contributed by atoms with Gasteiger partial charge in [-0.3, -0.25) is 9.69 Å². The van der Waals surface area contributed by atoms with Gasteiger partial charge in [0.1, 0.15) is 0 Å². The topological polar surface area (TPSA) is 38.8 Å². The van der Waals surface area contributed by atoms with E-state index in [9.17, 15) is 4.79 Å². The molecule has 4 heteroatoms. The lowest BCUT2D eigenvalue weighted by atomic mass is 10.0. The van der Waals surface area contributed by atoms with Crippen molar-refractivity contribution in [3.05, 3.63) is 0 Å². The molecule has 0 amide bonds. The second kappa shape index (κ2) is 5.47. The SMILES string of the molecule is CCOC(=O)CCN1CCOCC1(C)C. The molecule has 0 N–H and O–H groups in total.